The first kappa shape index (κ1) is 16.2. The van der Waals surface area contributed by atoms with E-state index in [0.29, 0.717) is 12.0 Å². The number of urea groups is 1. The molecule has 0 bridgehead atoms. The van der Waals surface area contributed by atoms with Crippen LogP contribution >= 0.6 is 0 Å². The van der Waals surface area contributed by atoms with Gasteiger partial charge in [-0.2, -0.15) is 0 Å². The largest absolute Gasteiger partial charge is 0.325 e. The fourth-order valence-corrected chi connectivity index (χ4v) is 3.17. The molecule has 1 N–H and O–H groups in total. The second kappa shape index (κ2) is 6.43. The summed E-state index contributed by atoms with van der Waals surface area (Å²) >= 11 is 0. The summed E-state index contributed by atoms with van der Waals surface area (Å²) in [6, 6.07) is 14.9. The Morgan fingerprint density at radius 1 is 1.04 bits per heavy atom. The Bertz CT molecular complexity index is 763. The molecule has 3 rings (SSSR count). The number of carbonyl (C=O) groups excluding carboxylic acids is 2. The Balaban J connectivity index is 1.96. The number of halogens is 1. The maximum Gasteiger partial charge on any atom is 0.325 e. The lowest BCUT2D eigenvalue weighted by Crippen LogP contribution is -2.43. The minimum absolute atomic E-state index is 0.0738. The van der Waals surface area contributed by atoms with E-state index in [4.69, 9.17) is 0 Å². The van der Waals surface area contributed by atoms with Crippen LogP contribution in [0, 0.1) is 5.82 Å². The van der Waals surface area contributed by atoms with Crippen LogP contribution in [0.4, 0.5) is 9.18 Å². The molecule has 2 aromatic rings. The minimum atomic E-state index is -1.07. The Labute approximate surface area is 140 Å². The number of carbonyl (C=O) groups is 2. The average molecular weight is 326 g/mol. The van der Waals surface area contributed by atoms with Crippen LogP contribution in [0.25, 0.3) is 0 Å². The number of amides is 3. The van der Waals surface area contributed by atoms with E-state index in [0.717, 1.165) is 16.9 Å². The summed E-state index contributed by atoms with van der Waals surface area (Å²) in [5.74, 6) is -0.755. The summed E-state index contributed by atoms with van der Waals surface area (Å²) in [6.45, 7) is 1.89. The molecule has 0 saturated carbocycles. The molecule has 1 fully saturated rings. The molecular weight excluding hydrogens is 307 g/mol. The summed E-state index contributed by atoms with van der Waals surface area (Å²) in [5, 5.41) is 2.84. The van der Waals surface area contributed by atoms with E-state index < -0.39 is 17.4 Å². The topological polar surface area (TPSA) is 49.4 Å². The van der Waals surface area contributed by atoms with Gasteiger partial charge >= 0.3 is 6.03 Å². The van der Waals surface area contributed by atoms with Crippen molar-refractivity contribution in [2.45, 2.75) is 31.8 Å². The second-order valence-corrected chi connectivity index (χ2v) is 5.93. The van der Waals surface area contributed by atoms with Gasteiger partial charge in [0.05, 0.1) is 6.54 Å². The van der Waals surface area contributed by atoms with Crippen LogP contribution in [-0.2, 0) is 16.9 Å². The molecule has 124 valence electrons. The molecule has 2 aromatic carbocycles. The van der Waals surface area contributed by atoms with E-state index in [9.17, 15) is 14.0 Å². The predicted molar refractivity (Wildman–Crippen MR) is 88.5 cm³/mol. The molecule has 1 aliphatic heterocycles. The summed E-state index contributed by atoms with van der Waals surface area (Å²) < 4.78 is 13.9. The van der Waals surface area contributed by atoms with Gasteiger partial charge in [-0.3, -0.25) is 9.69 Å². The Morgan fingerprint density at radius 3 is 2.38 bits per heavy atom. The number of hydrogen-bond donors (Lipinski definition) is 1. The maximum atomic E-state index is 13.9. The molecule has 24 heavy (non-hydrogen) atoms. The van der Waals surface area contributed by atoms with Crippen molar-refractivity contribution >= 4 is 11.9 Å². The van der Waals surface area contributed by atoms with Crippen molar-refractivity contribution in [1.82, 2.24) is 10.2 Å². The zero-order chi connectivity index (χ0) is 17.2. The minimum Gasteiger partial charge on any atom is -0.319 e. The lowest BCUT2D eigenvalue weighted by Gasteiger charge is -2.27. The Morgan fingerprint density at radius 2 is 1.71 bits per heavy atom. The average Bonchev–Trinajstić information content (AvgIpc) is 2.83. The molecular formula is C19H19FN2O2. The number of nitrogens with zero attached hydrogens (tertiary/aromatic N) is 1. The van der Waals surface area contributed by atoms with E-state index >= 15 is 0 Å². The van der Waals surface area contributed by atoms with Gasteiger partial charge in [-0.05, 0) is 18.1 Å². The van der Waals surface area contributed by atoms with E-state index in [-0.39, 0.29) is 12.5 Å². The smallest absolute Gasteiger partial charge is 0.319 e. The third-order valence-corrected chi connectivity index (χ3v) is 4.35. The lowest BCUT2D eigenvalue weighted by atomic mass is 9.85. The van der Waals surface area contributed by atoms with Crippen molar-refractivity contribution in [1.29, 1.82) is 0 Å². The van der Waals surface area contributed by atoms with E-state index in [1.807, 2.05) is 37.3 Å². The zero-order valence-corrected chi connectivity index (χ0v) is 13.5. The molecule has 1 unspecified atom stereocenters. The third-order valence-electron chi connectivity index (χ3n) is 4.35. The molecule has 5 heteroatoms. The van der Waals surface area contributed by atoms with Crippen molar-refractivity contribution in [3.05, 3.63) is 71.5 Å². The standard InChI is InChI=1S/C19H19FN2O2/c1-2-12-19(15-9-4-3-5-10-15)17(23)22(18(24)21-19)13-14-8-6-7-11-16(14)20/h3-11H,2,12-13H2,1H3,(H,21,24). The van der Waals surface area contributed by atoms with Gasteiger partial charge in [-0.1, -0.05) is 61.9 Å². The van der Waals surface area contributed by atoms with Gasteiger partial charge in [-0.15, -0.1) is 0 Å². The Kier molecular flexibility index (Phi) is 4.34. The van der Waals surface area contributed by atoms with Gasteiger partial charge in [0.2, 0.25) is 0 Å². The lowest BCUT2D eigenvalue weighted by molar-refractivity contribution is -0.132. The van der Waals surface area contributed by atoms with Gasteiger partial charge in [0.25, 0.3) is 5.91 Å². The molecule has 4 nitrogen and oxygen atoms in total. The van der Waals surface area contributed by atoms with Gasteiger partial charge in [0.15, 0.2) is 0 Å². The second-order valence-electron chi connectivity index (χ2n) is 5.93. The first-order chi connectivity index (χ1) is 11.6. The van der Waals surface area contributed by atoms with E-state index in [1.54, 1.807) is 18.2 Å². The van der Waals surface area contributed by atoms with Gasteiger partial charge in [0.1, 0.15) is 11.4 Å². The van der Waals surface area contributed by atoms with Crippen LogP contribution in [-0.4, -0.2) is 16.8 Å². The number of nitrogens with one attached hydrogen (secondary N) is 1. The fourth-order valence-electron chi connectivity index (χ4n) is 3.17. The van der Waals surface area contributed by atoms with Crippen LogP contribution < -0.4 is 5.32 Å². The van der Waals surface area contributed by atoms with Gasteiger partial charge in [-0.25, -0.2) is 9.18 Å². The van der Waals surface area contributed by atoms with Gasteiger partial charge < -0.3 is 5.32 Å². The van der Waals surface area contributed by atoms with Crippen LogP contribution in [0.5, 0.6) is 0 Å². The number of rotatable bonds is 5. The SMILES string of the molecule is CCCC1(c2ccccc2)NC(=O)N(Cc2ccccc2F)C1=O. The van der Waals surface area contributed by atoms with Crippen LogP contribution in [0.2, 0.25) is 0 Å². The molecule has 3 amide bonds. The highest BCUT2D eigenvalue weighted by Gasteiger charge is 2.51. The number of benzene rings is 2. The quantitative estimate of drug-likeness (QED) is 0.854. The van der Waals surface area contributed by atoms with E-state index in [2.05, 4.69) is 5.32 Å². The summed E-state index contributed by atoms with van der Waals surface area (Å²) in [5.41, 5.74) is 0.000765. The molecule has 0 spiro atoms. The first-order valence-corrected chi connectivity index (χ1v) is 8.01. The van der Waals surface area contributed by atoms with Crippen molar-refractivity contribution in [2.24, 2.45) is 0 Å². The molecule has 0 aliphatic carbocycles. The van der Waals surface area contributed by atoms with Gasteiger partial charge in [0, 0.05) is 5.56 Å². The summed E-state index contributed by atoms with van der Waals surface area (Å²) in [6.07, 6.45) is 1.23. The highest BCUT2D eigenvalue weighted by atomic mass is 19.1. The number of imide groups is 1. The molecule has 0 radical (unpaired) electrons. The normalized spacial score (nSPS) is 20.3. The molecule has 1 atom stereocenters. The third kappa shape index (κ3) is 2.66. The highest BCUT2D eigenvalue weighted by molar-refractivity contribution is 6.07. The molecule has 0 aromatic heterocycles. The molecule has 1 aliphatic rings. The van der Waals surface area contributed by atoms with Crippen molar-refractivity contribution in [3.8, 4) is 0 Å². The van der Waals surface area contributed by atoms with Crippen molar-refractivity contribution in [2.75, 3.05) is 0 Å². The fraction of sp³-hybridized carbons (Fsp3) is 0.263. The summed E-state index contributed by atoms with van der Waals surface area (Å²) in [7, 11) is 0. The maximum absolute atomic E-state index is 13.9. The van der Waals surface area contributed by atoms with Crippen molar-refractivity contribution in [3.63, 3.8) is 0 Å². The summed E-state index contributed by atoms with van der Waals surface area (Å²) in [4.78, 5) is 26.6. The molecule has 1 heterocycles. The predicted octanol–water partition coefficient (Wildman–Crippen LogP) is 3.57. The monoisotopic (exact) mass is 326 g/mol. The molecule has 1 saturated heterocycles. The van der Waals surface area contributed by atoms with Crippen LogP contribution in [0.15, 0.2) is 54.6 Å². The van der Waals surface area contributed by atoms with E-state index in [1.165, 1.54) is 6.07 Å². The van der Waals surface area contributed by atoms with Crippen LogP contribution in [0.3, 0.4) is 0 Å². The Hall–Kier alpha value is -2.69. The zero-order valence-electron chi connectivity index (χ0n) is 13.5. The number of hydrogen-bond acceptors (Lipinski definition) is 2. The first-order valence-electron chi connectivity index (χ1n) is 8.01. The van der Waals surface area contributed by atoms with Crippen molar-refractivity contribution < 1.29 is 14.0 Å². The highest BCUT2D eigenvalue weighted by Crippen LogP contribution is 2.34. The van der Waals surface area contributed by atoms with Crippen LogP contribution in [0.1, 0.15) is 30.9 Å².